The summed E-state index contributed by atoms with van der Waals surface area (Å²) in [5.74, 6) is 1.43. The lowest BCUT2D eigenvalue weighted by molar-refractivity contribution is -0.142. The summed E-state index contributed by atoms with van der Waals surface area (Å²) in [6.45, 7) is 8.12. The van der Waals surface area contributed by atoms with Crippen LogP contribution in [0.3, 0.4) is 0 Å². The van der Waals surface area contributed by atoms with Crippen LogP contribution < -0.4 is 10.6 Å². The first-order chi connectivity index (χ1) is 14.9. The molecule has 1 aromatic carbocycles. The number of hydrogen-bond donors (Lipinski definition) is 4. The van der Waals surface area contributed by atoms with Crippen molar-refractivity contribution in [3.8, 4) is 12.3 Å². The second-order valence-electron chi connectivity index (χ2n) is 8.43. The second kappa shape index (κ2) is 12.4. The Balaban J connectivity index is 3.40. The van der Waals surface area contributed by atoms with Crippen LogP contribution in [0.25, 0.3) is 0 Å². The van der Waals surface area contributed by atoms with Crippen LogP contribution in [-0.4, -0.2) is 64.5 Å². The molecule has 9 heteroatoms. The van der Waals surface area contributed by atoms with Gasteiger partial charge in [-0.3, -0.25) is 9.59 Å². The molecule has 32 heavy (non-hydrogen) atoms. The minimum absolute atomic E-state index is 0.0463. The summed E-state index contributed by atoms with van der Waals surface area (Å²) in [4.78, 5) is 40.1. The summed E-state index contributed by atoms with van der Waals surface area (Å²) in [7, 11) is 0. The van der Waals surface area contributed by atoms with Crippen LogP contribution >= 0.6 is 12.6 Å². The van der Waals surface area contributed by atoms with Gasteiger partial charge in [-0.15, -0.1) is 6.42 Å². The predicted molar refractivity (Wildman–Crippen MR) is 126 cm³/mol. The van der Waals surface area contributed by atoms with Gasteiger partial charge in [-0.1, -0.05) is 24.1 Å². The summed E-state index contributed by atoms with van der Waals surface area (Å²) in [6.07, 6.45) is 4.84. The van der Waals surface area contributed by atoms with E-state index in [9.17, 15) is 19.5 Å². The van der Waals surface area contributed by atoms with Crippen molar-refractivity contribution in [3.05, 3.63) is 35.4 Å². The Morgan fingerprint density at radius 3 is 2.34 bits per heavy atom. The van der Waals surface area contributed by atoms with Crippen LogP contribution in [0.1, 0.15) is 51.8 Å². The van der Waals surface area contributed by atoms with E-state index in [0.29, 0.717) is 11.1 Å². The van der Waals surface area contributed by atoms with Gasteiger partial charge in [0.1, 0.15) is 17.7 Å². The summed E-state index contributed by atoms with van der Waals surface area (Å²) in [5, 5.41) is 15.0. The molecule has 0 aliphatic rings. The van der Waals surface area contributed by atoms with Crippen LogP contribution in [0.5, 0.6) is 0 Å². The molecule has 176 valence electrons. The van der Waals surface area contributed by atoms with Gasteiger partial charge in [0.15, 0.2) is 0 Å². The standard InChI is InChI=1S/C23H33N3O5S/c1-7-16-10-8-9-11-17(16)19(20(28)24-15(2)3)26(12-13-27)21(29)18(14-32)25-22(30)31-23(4,5)6/h1,8-11,15,18-19,27,32H,12-14H2,2-6H3,(H,24,28)(H,25,30). The number of nitrogens with zero attached hydrogens (tertiary/aromatic N) is 1. The number of ether oxygens (including phenoxy) is 1. The number of alkyl carbamates (subject to hydrolysis) is 1. The first-order valence-electron chi connectivity index (χ1n) is 10.3. The molecule has 0 aliphatic heterocycles. The minimum Gasteiger partial charge on any atom is -0.444 e. The highest BCUT2D eigenvalue weighted by molar-refractivity contribution is 7.80. The monoisotopic (exact) mass is 463 g/mol. The van der Waals surface area contributed by atoms with Gasteiger partial charge in [-0.25, -0.2) is 4.79 Å². The largest absolute Gasteiger partial charge is 0.444 e. The molecular formula is C23H33N3O5S. The Kier molecular flexibility index (Phi) is 10.6. The van der Waals surface area contributed by atoms with Crippen LogP contribution in [0, 0.1) is 12.3 Å². The highest BCUT2D eigenvalue weighted by atomic mass is 32.1. The Bertz CT molecular complexity index is 845. The lowest BCUT2D eigenvalue weighted by atomic mass is 9.97. The molecule has 8 nitrogen and oxygen atoms in total. The number of carbonyl (C=O) groups is 3. The fraction of sp³-hybridized carbons (Fsp3) is 0.522. The van der Waals surface area contributed by atoms with Gasteiger partial charge >= 0.3 is 6.09 Å². The number of rotatable bonds is 9. The summed E-state index contributed by atoms with van der Waals surface area (Å²) in [5.41, 5.74) is 0.115. The molecule has 0 radical (unpaired) electrons. The van der Waals surface area contributed by atoms with Crippen molar-refractivity contribution in [1.82, 2.24) is 15.5 Å². The molecule has 0 heterocycles. The lowest BCUT2D eigenvalue weighted by Gasteiger charge is -2.34. The normalized spacial score (nSPS) is 13.0. The van der Waals surface area contributed by atoms with E-state index in [0.717, 1.165) is 0 Å². The van der Waals surface area contributed by atoms with Crippen molar-refractivity contribution in [2.45, 2.75) is 58.3 Å². The SMILES string of the molecule is C#Cc1ccccc1C(C(=O)NC(C)C)N(CCO)C(=O)C(CS)NC(=O)OC(C)(C)C. The van der Waals surface area contributed by atoms with Gasteiger partial charge in [0.25, 0.3) is 0 Å². The summed E-state index contributed by atoms with van der Waals surface area (Å²) >= 11 is 4.19. The quantitative estimate of drug-likeness (QED) is 0.330. The zero-order chi connectivity index (χ0) is 24.5. The van der Waals surface area contributed by atoms with E-state index in [1.54, 1.807) is 58.9 Å². The molecule has 1 rings (SSSR count). The fourth-order valence-corrected chi connectivity index (χ4v) is 3.24. The Hall–Kier alpha value is -2.70. The van der Waals surface area contributed by atoms with Gasteiger partial charge in [0.05, 0.1) is 6.61 Å². The van der Waals surface area contributed by atoms with Gasteiger partial charge in [0, 0.05) is 23.9 Å². The number of benzene rings is 1. The van der Waals surface area contributed by atoms with Gasteiger partial charge in [-0.05, 0) is 46.2 Å². The number of carbonyl (C=O) groups excluding carboxylic acids is 3. The van der Waals surface area contributed by atoms with Crippen molar-refractivity contribution in [2.24, 2.45) is 0 Å². The lowest BCUT2D eigenvalue weighted by Crippen LogP contribution is -2.55. The van der Waals surface area contributed by atoms with Gasteiger partial charge < -0.3 is 25.4 Å². The van der Waals surface area contributed by atoms with E-state index >= 15 is 0 Å². The van der Waals surface area contributed by atoms with Crippen molar-refractivity contribution >= 4 is 30.5 Å². The molecular weight excluding hydrogens is 430 g/mol. The highest BCUT2D eigenvalue weighted by Gasteiger charge is 2.36. The highest BCUT2D eigenvalue weighted by Crippen LogP contribution is 2.26. The van der Waals surface area contributed by atoms with Crippen molar-refractivity contribution in [2.75, 3.05) is 18.9 Å². The van der Waals surface area contributed by atoms with E-state index in [-0.39, 0.29) is 18.3 Å². The molecule has 0 aliphatic carbocycles. The molecule has 3 amide bonds. The number of nitrogens with one attached hydrogen (secondary N) is 2. The van der Waals surface area contributed by atoms with E-state index in [4.69, 9.17) is 11.2 Å². The predicted octanol–water partition coefficient (Wildman–Crippen LogP) is 1.88. The first kappa shape index (κ1) is 27.3. The Morgan fingerprint density at radius 1 is 1.22 bits per heavy atom. The summed E-state index contributed by atoms with van der Waals surface area (Å²) < 4.78 is 5.23. The molecule has 2 atom stereocenters. The smallest absolute Gasteiger partial charge is 0.408 e. The third-order valence-corrected chi connectivity index (χ3v) is 4.56. The molecule has 0 spiro atoms. The average Bonchev–Trinajstić information content (AvgIpc) is 2.69. The average molecular weight is 464 g/mol. The zero-order valence-corrected chi connectivity index (χ0v) is 20.1. The van der Waals surface area contributed by atoms with E-state index < -0.39 is 42.2 Å². The molecule has 0 aromatic heterocycles. The third kappa shape index (κ3) is 8.09. The van der Waals surface area contributed by atoms with Gasteiger partial charge in [0.2, 0.25) is 11.8 Å². The van der Waals surface area contributed by atoms with Crippen LogP contribution in [0.4, 0.5) is 4.79 Å². The molecule has 0 fully saturated rings. The maximum atomic E-state index is 13.4. The second-order valence-corrected chi connectivity index (χ2v) is 8.80. The van der Waals surface area contributed by atoms with E-state index in [2.05, 4.69) is 29.2 Å². The van der Waals surface area contributed by atoms with Crippen molar-refractivity contribution in [3.63, 3.8) is 0 Å². The zero-order valence-electron chi connectivity index (χ0n) is 19.2. The fourth-order valence-electron chi connectivity index (χ4n) is 2.99. The van der Waals surface area contributed by atoms with E-state index in [1.165, 1.54) is 4.90 Å². The number of aliphatic hydroxyl groups is 1. The number of terminal acetylenes is 1. The van der Waals surface area contributed by atoms with E-state index in [1.807, 2.05) is 0 Å². The first-order valence-corrected chi connectivity index (χ1v) is 11.0. The number of amides is 3. The molecule has 1 aromatic rings. The number of aliphatic hydroxyl groups excluding tert-OH is 1. The third-order valence-electron chi connectivity index (χ3n) is 4.20. The topological polar surface area (TPSA) is 108 Å². The van der Waals surface area contributed by atoms with Crippen LogP contribution in [0.15, 0.2) is 24.3 Å². The number of thiol groups is 1. The molecule has 3 N–H and O–H groups in total. The maximum Gasteiger partial charge on any atom is 0.408 e. The molecule has 2 unspecified atom stereocenters. The molecule has 0 saturated heterocycles. The maximum absolute atomic E-state index is 13.4. The minimum atomic E-state index is -1.12. The number of hydrogen-bond acceptors (Lipinski definition) is 6. The molecule has 0 saturated carbocycles. The van der Waals surface area contributed by atoms with Crippen molar-refractivity contribution in [1.29, 1.82) is 0 Å². The van der Waals surface area contributed by atoms with Crippen molar-refractivity contribution < 1.29 is 24.2 Å². The molecule has 0 bridgehead atoms. The Labute approximate surface area is 195 Å². The van der Waals surface area contributed by atoms with Crippen LogP contribution in [0.2, 0.25) is 0 Å². The summed E-state index contributed by atoms with van der Waals surface area (Å²) in [6, 6.07) is 4.36. The Morgan fingerprint density at radius 2 is 1.84 bits per heavy atom. The van der Waals surface area contributed by atoms with Crippen LogP contribution in [-0.2, 0) is 14.3 Å². The van der Waals surface area contributed by atoms with Gasteiger partial charge in [-0.2, -0.15) is 12.6 Å².